The van der Waals surface area contributed by atoms with Crippen LogP contribution in [0.2, 0.25) is 0 Å². The lowest BCUT2D eigenvalue weighted by atomic mass is 10.3. The van der Waals surface area contributed by atoms with E-state index >= 15 is 0 Å². The maximum Gasteiger partial charge on any atom is 0.244 e. The summed E-state index contributed by atoms with van der Waals surface area (Å²) in [6, 6.07) is 8.75. The van der Waals surface area contributed by atoms with Crippen LogP contribution in [-0.4, -0.2) is 36.3 Å². The zero-order chi connectivity index (χ0) is 13.7. The van der Waals surface area contributed by atoms with Gasteiger partial charge in [-0.15, -0.1) is 0 Å². The van der Waals surface area contributed by atoms with Gasteiger partial charge >= 0.3 is 0 Å². The molecule has 0 N–H and O–H groups in total. The van der Waals surface area contributed by atoms with Gasteiger partial charge in [-0.25, -0.2) is 12.7 Å². The van der Waals surface area contributed by atoms with Gasteiger partial charge in [-0.3, -0.25) is 9.97 Å². The van der Waals surface area contributed by atoms with Gasteiger partial charge in [-0.05, 0) is 24.3 Å². The molecule has 0 saturated heterocycles. The normalized spacial score (nSPS) is 11.7. The highest BCUT2D eigenvalue weighted by molar-refractivity contribution is 7.89. The van der Waals surface area contributed by atoms with Gasteiger partial charge < -0.3 is 0 Å². The van der Waals surface area contributed by atoms with Crippen molar-refractivity contribution in [1.29, 1.82) is 0 Å². The smallest absolute Gasteiger partial charge is 0.244 e. The van der Waals surface area contributed by atoms with E-state index in [1.54, 1.807) is 31.6 Å². The zero-order valence-electron chi connectivity index (χ0n) is 10.6. The van der Waals surface area contributed by atoms with Crippen LogP contribution in [0.3, 0.4) is 0 Å². The van der Waals surface area contributed by atoms with E-state index in [2.05, 4.69) is 9.97 Å². The maximum atomic E-state index is 12.2. The van der Waals surface area contributed by atoms with Crippen molar-refractivity contribution in [2.24, 2.45) is 0 Å². The molecular weight excluding hydrogens is 262 g/mol. The van der Waals surface area contributed by atoms with E-state index in [1.165, 1.54) is 10.5 Å². The molecule has 0 bridgehead atoms. The number of pyridine rings is 2. The Labute approximate surface area is 113 Å². The Hall–Kier alpha value is -1.79. The van der Waals surface area contributed by atoms with Crippen molar-refractivity contribution in [3.8, 4) is 0 Å². The Morgan fingerprint density at radius 2 is 2.00 bits per heavy atom. The van der Waals surface area contributed by atoms with Gasteiger partial charge in [0, 0.05) is 44.3 Å². The molecule has 0 spiro atoms. The number of sulfonamides is 1. The minimum Gasteiger partial charge on any atom is -0.263 e. The molecule has 0 saturated carbocycles. The van der Waals surface area contributed by atoms with Crippen LogP contribution < -0.4 is 0 Å². The third-order valence-electron chi connectivity index (χ3n) is 2.75. The van der Waals surface area contributed by atoms with Crippen LogP contribution >= 0.6 is 0 Å². The number of rotatable bonds is 5. The van der Waals surface area contributed by atoms with E-state index in [-0.39, 0.29) is 4.90 Å². The topological polar surface area (TPSA) is 63.2 Å². The van der Waals surface area contributed by atoms with E-state index in [0.29, 0.717) is 13.0 Å². The fraction of sp³-hybridized carbons (Fsp3) is 0.231. The summed E-state index contributed by atoms with van der Waals surface area (Å²) < 4.78 is 25.8. The first-order chi connectivity index (χ1) is 9.10. The summed E-state index contributed by atoms with van der Waals surface area (Å²) >= 11 is 0. The fourth-order valence-corrected chi connectivity index (χ4v) is 2.75. The molecule has 0 aliphatic rings. The third kappa shape index (κ3) is 3.36. The quantitative estimate of drug-likeness (QED) is 0.827. The number of hydrogen-bond acceptors (Lipinski definition) is 4. The van der Waals surface area contributed by atoms with E-state index in [1.807, 2.05) is 18.2 Å². The van der Waals surface area contributed by atoms with Crippen molar-refractivity contribution in [2.45, 2.75) is 11.3 Å². The monoisotopic (exact) mass is 277 g/mol. The zero-order valence-corrected chi connectivity index (χ0v) is 11.4. The molecule has 2 rings (SSSR count). The lowest BCUT2D eigenvalue weighted by molar-refractivity contribution is 0.470. The molecule has 0 amide bonds. The molecule has 2 aromatic heterocycles. The lowest BCUT2D eigenvalue weighted by Crippen LogP contribution is -2.29. The Balaban J connectivity index is 2.06. The predicted molar refractivity (Wildman–Crippen MR) is 72.0 cm³/mol. The first-order valence-corrected chi connectivity index (χ1v) is 7.31. The van der Waals surface area contributed by atoms with Crippen molar-refractivity contribution in [1.82, 2.24) is 14.3 Å². The second kappa shape index (κ2) is 5.90. The molecule has 2 aromatic rings. The second-order valence-corrected chi connectivity index (χ2v) is 6.13. The van der Waals surface area contributed by atoms with Crippen molar-refractivity contribution in [2.75, 3.05) is 13.6 Å². The highest BCUT2D eigenvalue weighted by Gasteiger charge is 2.20. The largest absolute Gasteiger partial charge is 0.263 e. The van der Waals surface area contributed by atoms with Crippen LogP contribution in [0.1, 0.15) is 5.69 Å². The van der Waals surface area contributed by atoms with Gasteiger partial charge in [0.1, 0.15) is 4.90 Å². The molecular formula is C13H15N3O2S. The molecule has 100 valence electrons. The first-order valence-electron chi connectivity index (χ1n) is 5.87. The van der Waals surface area contributed by atoms with E-state index < -0.39 is 10.0 Å². The predicted octanol–water partition coefficient (Wildman–Crippen LogP) is 1.34. The SMILES string of the molecule is CN(CCc1ccccn1)S(=O)(=O)c1cccnc1. The van der Waals surface area contributed by atoms with Crippen molar-refractivity contribution in [3.05, 3.63) is 54.6 Å². The molecule has 0 atom stereocenters. The fourth-order valence-electron chi connectivity index (χ4n) is 1.62. The molecule has 0 aromatic carbocycles. The summed E-state index contributed by atoms with van der Waals surface area (Å²) in [6.45, 7) is 0.383. The highest BCUT2D eigenvalue weighted by atomic mass is 32.2. The molecule has 0 aliphatic carbocycles. The van der Waals surface area contributed by atoms with Crippen LogP contribution in [0.15, 0.2) is 53.8 Å². The molecule has 19 heavy (non-hydrogen) atoms. The van der Waals surface area contributed by atoms with Crippen LogP contribution in [0.4, 0.5) is 0 Å². The number of nitrogens with zero attached hydrogens (tertiary/aromatic N) is 3. The molecule has 5 nitrogen and oxygen atoms in total. The minimum absolute atomic E-state index is 0.207. The highest BCUT2D eigenvalue weighted by Crippen LogP contribution is 2.12. The third-order valence-corrected chi connectivity index (χ3v) is 4.59. The molecule has 0 fully saturated rings. The van der Waals surface area contributed by atoms with Gasteiger partial charge in [-0.2, -0.15) is 0 Å². The van der Waals surface area contributed by atoms with Gasteiger partial charge in [0.05, 0.1) is 0 Å². The number of hydrogen-bond donors (Lipinski definition) is 0. The van der Waals surface area contributed by atoms with Gasteiger partial charge in [0.2, 0.25) is 10.0 Å². The molecule has 0 aliphatic heterocycles. The van der Waals surface area contributed by atoms with Crippen LogP contribution in [0, 0.1) is 0 Å². The Bertz CT molecular complexity index is 615. The van der Waals surface area contributed by atoms with E-state index in [0.717, 1.165) is 5.69 Å². The Kier molecular flexibility index (Phi) is 4.24. The summed E-state index contributed by atoms with van der Waals surface area (Å²) in [4.78, 5) is 8.21. The first kappa shape index (κ1) is 13.6. The van der Waals surface area contributed by atoms with Gasteiger partial charge in [0.15, 0.2) is 0 Å². The summed E-state index contributed by atoms with van der Waals surface area (Å²) in [5, 5.41) is 0. The van der Waals surface area contributed by atoms with Crippen LogP contribution in [0.25, 0.3) is 0 Å². The van der Waals surface area contributed by atoms with Crippen LogP contribution in [0.5, 0.6) is 0 Å². The molecule has 0 unspecified atom stereocenters. The standard InChI is InChI=1S/C13H15N3O2S/c1-16(10-7-12-5-2-3-9-15-12)19(17,18)13-6-4-8-14-11-13/h2-6,8-9,11H,7,10H2,1H3. The number of likely N-dealkylation sites (N-methyl/N-ethyl adjacent to an activating group) is 1. The van der Waals surface area contributed by atoms with E-state index in [4.69, 9.17) is 0 Å². The van der Waals surface area contributed by atoms with Crippen molar-refractivity contribution in [3.63, 3.8) is 0 Å². The molecule has 2 heterocycles. The van der Waals surface area contributed by atoms with E-state index in [9.17, 15) is 8.42 Å². The summed E-state index contributed by atoms with van der Waals surface area (Å²) in [5.41, 5.74) is 0.871. The van der Waals surface area contributed by atoms with Crippen LogP contribution in [-0.2, 0) is 16.4 Å². The van der Waals surface area contributed by atoms with Crippen molar-refractivity contribution < 1.29 is 8.42 Å². The van der Waals surface area contributed by atoms with Gasteiger partial charge in [0.25, 0.3) is 0 Å². The Morgan fingerprint density at radius 3 is 2.63 bits per heavy atom. The lowest BCUT2D eigenvalue weighted by Gasteiger charge is -2.16. The number of aromatic nitrogens is 2. The Morgan fingerprint density at radius 1 is 1.16 bits per heavy atom. The summed E-state index contributed by atoms with van der Waals surface area (Å²) in [5.74, 6) is 0. The average Bonchev–Trinajstić information content (AvgIpc) is 2.46. The summed E-state index contributed by atoms with van der Waals surface area (Å²) in [6.07, 6.45) is 5.18. The molecule has 0 radical (unpaired) electrons. The van der Waals surface area contributed by atoms with Gasteiger partial charge in [-0.1, -0.05) is 6.07 Å². The minimum atomic E-state index is -3.47. The average molecular weight is 277 g/mol. The van der Waals surface area contributed by atoms with Crippen molar-refractivity contribution >= 4 is 10.0 Å². The summed E-state index contributed by atoms with van der Waals surface area (Å²) in [7, 11) is -1.91. The second-order valence-electron chi connectivity index (χ2n) is 4.09. The maximum absolute atomic E-state index is 12.2. The molecule has 6 heteroatoms.